The molecule has 59 heavy (non-hydrogen) atoms. The first kappa shape index (κ1) is 33.2. The van der Waals surface area contributed by atoms with E-state index in [1.165, 1.54) is 0 Å². The van der Waals surface area contributed by atoms with Crippen molar-refractivity contribution in [1.29, 1.82) is 0 Å². The molecule has 1 aliphatic heterocycles. The van der Waals surface area contributed by atoms with E-state index in [-0.39, 0.29) is 0 Å². The molecule has 0 saturated heterocycles. The minimum absolute atomic E-state index is 0.581. The number of furan rings is 1. The first-order valence-corrected chi connectivity index (χ1v) is 19.7. The van der Waals surface area contributed by atoms with E-state index in [0.29, 0.717) is 17.5 Å². The molecule has 12 rings (SSSR count). The summed E-state index contributed by atoms with van der Waals surface area (Å²) in [5, 5.41) is 2.07. The Labute approximate surface area is 339 Å². The van der Waals surface area contributed by atoms with E-state index < -0.39 is 5.41 Å². The van der Waals surface area contributed by atoms with Crippen molar-refractivity contribution in [3.05, 3.63) is 216 Å². The van der Waals surface area contributed by atoms with Crippen molar-refractivity contribution in [2.75, 3.05) is 0 Å². The molecule has 0 radical (unpaired) electrons. The lowest BCUT2D eigenvalue weighted by molar-refractivity contribution is 0.435. The van der Waals surface area contributed by atoms with Crippen molar-refractivity contribution >= 4 is 34.1 Å². The molecule has 0 N–H and O–H groups in total. The Morgan fingerprint density at radius 1 is 0.390 bits per heavy atom. The van der Waals surface area contributed by atoms with E-state index in [1.807, 2.05) is 66.9 Å². The Hall–Kier alpha value is -7.96. The number of benzene rings is 7. The van der Waals surface area contributed by atoms with Gasteiger partial charge in [-0.1, -0.05) is 146 Å². The van der Waals surface area contributed by atoms with Crippen LogP contribution in [0, 0.1) is 0 Å². The van der Waals surface area contributed by atoms with E-state index in [2.05, 4.69) is 126 Å². The van der Waals surface area contributed by atoms with Gasteiger partial charge in [-0.25, -0.2) is 15.0 Å². The average Bonchev–Trinajstić information content (AvgIpc) is 3.60. The maximum absolute atomic E-state index is 6.88. The molecular formula is C53H32N4O2. The standard InChI is InChI=1S/C53H32N4O2/c1-2-12-36(13-3-1)50-55-51(37-25-20-33(21-26-37)39-14-10-28-54-32-39)57-52(56-50)38-27-24-35-23-22-34-11-4-6-16-42(34)53(44(35)29-38)43-17-7-9-19-47(43)59-49-30-41-40-15-5-8-18-46(40)58-48(41)31-45(49)53/h1-32H. The van der Waals surface area contributed by atoms with Crippen LogP contribution in [0.15, 0.2) is 187 Å². The van der Waals surface area contributed by atoms with E-state index >= 15 is 0 Å². The summed E-state index contributed by atoms with van der Waals surface area (Å²) < 4.78 is 13.5. The number of fused-ring (bicyclic) bond motifs is 11. The van der Waals surface area contributed by atoms with Gasteiger partial charge in [-0.05, 0) is 69.8 Å². The van der Waals surface area contributed by atoms with Gasteiger partial charge in [0.2, 0.25) is 0 Å². The molecule has 1 spiro atoms. The van der Waals surface area contributed by atoms with Gasteiger partial charge in [0.15, 0.2) is 17.5 Å². The molecule has 0 amide bonds. The lowest BCUT2D eigenvalue weighted by atomic mass is 9.62. The number of hydrogen-bond donors (Lipinski definition) is 0. The zero-order valence-electron chi connectivity index (χ0n) is 31.6. The number of aromatic nitrogens is 4. The van der Waals surface area contributed by atoms with Crippen molar-refractivity contribution in [2.24, 2.45) is 0 Å². The summed E-state index contributed by atoms with van der Waals surface area (Å²) in [5.74, 6) is 3.38. The van der Waals surface area contributed by atoms with E-state index in [4.69, 9.17) is 24.1 Å². The summed E-state index contributed by atoms with van der Waals surface area (Å²) in [5.41, 5.74) is 12.1. The van der Waals surface area contributed by atoms with E-state index in [0.717, 1.165) is 94.6 Å². The van der Waals surface area contributed by atoms with Crippen molar-refractivity contribution in [2.45, 2.75) is 5.41 Å². The molecule has 10 aromatic rings. The highest BCUT2D eigenvalue weighted by atomic mass is 16.5. The van der Waals surface area contributed by atoms with Crippen LogP contribution in [0.3, 0.4) is 0 Å². The molecule has 4 heterocycles. The minimum Gasteiger partial charge on any atom is -0.457 e. The van der Waals surface area contributed by atoms with Gasteiger partial charge in [-0.15, -0.1) is 0 Å². The van der Waals surface area contributed by atoms with Gasteiger partial charge in [0, 0.05) is 51.0 Å². The molecule has 0 bridgehead atoms. The van der Waals surface area contributed by atoms with Crippen LogP contribution in [0.2, 0.25) is 0 Å². The lowest BCUT2D eigenvalue weighted by Gasteiger charge is -2.42. The third kappa shape index (κ3) is 5.20. The molecule has 3 aromatic heterocycles. The monoisotopic (exact) mass is 756 g/mol. The van der Waals surface area contributed by atoms with Crippen LogP contribution in [-0.2, 0) is 5.41 Å². The Balaban J connectivity index is 1.11. The molecule has 1 aliphatic carbocycles. The fourth-order valence-electron chi connectivity index (χ4n) is 9.01. The Morgan fingerprint density at radius 2 is 1.03 bits per heavy atom. The normalized spacial score (nSPS) is 14.9. The summed E-state index contributed by atoms with van der Waals surface area (Å²) >= 11 is 0. The van der Waals surface area contributed by atoms with E-state index in [9.17, 15) is 0 Å². The van der Waals surface area contributed by atoms with Crippen LogP contribution in [0.4, 0.5) is 0 Å². The van der Waals surface area contributed by atoms with Crippen molar-refractivity contribution in [3.63, 3.8) is 0 Å². The number of ether oxygens (including phenoxy) is 1. The van der Waals surface area contributed by atoms with Crippen LogP contribution >= 0.6 is 0 Å². The third-order valence-electron chi connectivity index (χ3n) is 11.7. The molecule has 276 valence electrons. The topological polar surface area (TPSA) is 73.9 Å². The smallest absolute Gasteiger partial charge is 0.164 e. The largest absolute Gasteiger partial charge is 0.457 e. The molecule has 0 fully saturated rings. The second-order valence-electron chi connectivity index (χ2n) is 15.0. The summed E-state index contributed by atoms with van der Waals surface area (Å²) in [4.78, 5) is 19.8. The fraction of sp³-hybridized carbons (Fsp3) is 0.0189. The Kier molecular flexibility index (Phi) is 7.34. The van der Waals surface area contributed by atoms with Gasteiger partial charge < -0.3 is 9.15 Å². The Bertz CT molecular complexity index is 3300. The quantitative estimate of drug-likeness (QED) is 0.178. The molecule has 2 aliphatic rings. The number of hydrogen-bond acceptors (Lipinski definition) is 6. The molecule has 1 atom stereocenters. The van der Waals surface area contributed by atoms with Gasteiger partial charge >= 0.3 is 0 Å². The summed E-state index contributed by atoms with van der Waals surface area (Å²) in [6.07, 6.45) is 8.11. The average molecular weight is 757 g/mol. The number of para-hydroxylation sites is 2. The highest BCUT2D eigenvalue weighted by Gasteiger charge is 2.48. The number of nitrogens with zero attached hydrogens (tertiary/aromatic N) is 4. The van der Waals surface area contributed by atoms with Crippen LogP contribution < -0.4 is 4.74 Å². The van der Waals surface area contributed by atoms with Gasteiger partial charge in [0.05, 0.1) is 5.41 Å². The van der Waals surface area contributed by atoms with Crippen LogP contribution in [-0.4, -0.2) is 19.9 Å². The number of rotatable bonds is 4. The maximum atomic E-state index is 6.88. The SMILES string of the molecule is C1=Cc2ccc(-c3nc(-c4ccccc4)nc(-c4ccc(-c5cccnc5)cc4)n3)cc2C2(c3ccccc31)c1ccccc1Oc1cc3c(cc12)oc1ccccc13. The predicted molar refractivity (Wildman–Crippen MR) is 234 cm³/mol. The second kappa shape index (κ2) is 13.0. The third-order valence-corrected chi connectivity index (χ3v) is 11.7. The van der Waals surface area contributed by atoms with Crippen molar-refractivity contribution in [1.82, 2.24) is 19.9 Å². The molecular weight excluding hydrogens is 725 g/mol. The van der Waals surface area contributed by atoms with Crippen molar-refractivity contribution in [3.8, 4) is 56.8 Å². The molecule has 7 aromatic carbocycles. The first-order chi connectivity index (χ1) is 29.2. The highest BCUT2D eigenvalue weighted by Crippen LogP contribution is 2.59. The first-order valence-electron chi connectivity index (χ1n) is 19.7. The van der Waals surface area contributed by atoms with Gasteiger partial charge in [-0.2, -0.15) is 0 Å². The molecule has 6 nitrogen and oxygen atoms in total. The highest BCUT2D eigenvalue weighted by molar-refractivity contribution is 6.06. The fourth-order valence-corrected chi connectivity index (χ4v) is 9.01. The summed E-state index contributed by atoms with van der Waals surface area (Å²) in [6.45, 7) is 0. The minimum atomic E-state index is -0.803. The van der Waals surface area contributed by atoms with Crippen LogP contribution in [0.1, 0.15) is 33.4 Å². The summed E-state index contributed by atoms with van der Waals surface area (Å²) in [7, 11) is 0. The van der Waals surface area contributed by atoms with Crippen molar-refractivity contribution < 1.29 is 9.15 Å². The molecule has 6 heteroatoms. The van der Waals surface area contributed by atoms with Gasteiger partial charge in [-0.3, -0.25) is 4.98 Å². The van der Waals surface area contributed by atoms with Gasteiger partial charge in [0.1, 0.15) is 22.7 Å². The maximum Gasteiger partial charge on any atom is 0.164 e. The molecule has 0 saturated carbocycles. The second-order valence-corrected chi connectivity index (χ2v) is 15.0. The van der Waals surface area contributed by atoms with Crippen LogP contribution in [0.5, 0.6) is 11.5 Å². The lowest BCUT2D eigenvalue weighted by Crippen LogP contribution is -2.35. The zero-order valence-corrected chi connectivity index (χ0v) is 31.6. The van der Waals surface area contributed by atoms with Crippen LogP contribution in [0.25, 0.3) is 79.4 Å². The van der Waals surface area contributed by atoms with Gasteiger partial charge in [0.25, 0.3) is 0 Å². The number of pyridine rings is 1. The summed E-state index contributed by atoms with van der Waals surface area (Å²) in [6, 6.07) is 58.7. The van der Waals surface area contributed by atoms with E-state index in [1.54, 1.807) is 6.20 Å². The Morgan fingerprint density at radius 3 is 1.85 bits per heavy atom. The zero-order chi connectivity index (χ0) is 38.9. The predicted octanol–water partition coefficient (Wildman–Crippen LogP) is 12.8. The molecule has 1 unspecified atom stereocenters.